The first kappa shape index (κ1) is 17.2. The summed E-state index contributed by atoms with van der Waals surface area (Å²) in [5, 5.41) is 4.12. The first-order valence-electron chi connectivity index (χ1n) is 6.65. The topological polar surface area (TPSA) is 64.2 Å². The van der Waals surface area contributed by atoms with E-state index >= 15 is 0 Å². The number of carbonyl (C=O) groups is 1. The monoisotopic (exact) mass is 308 g/mol. The third kappa shape index (κ3) is 4.06. The summed E-state index contributed by atoms with van der Waals surface area (Å²) in [6.45, 7) is 3.43. The van der Waals surface area contributed by atoms with Crippen molar-refractivity contribution in [1.29, 1.82) is 0 Å². The molecular weight excluding hydrogens is 288 g/mol. The maximum absolute atomic E-state index is 12.6. The van der Waals surface area contributed by atoms with E-state index in [0.29, 0.717) is 25.2 Å². The van der Waals surface area contributed by atoms with Crippen LogP contribution in [0.15, 0.2) is 36.5 Å². The minimum Gasteiger partial charge on any atom is -0.333 e. The van der Waals surface area contributed by atoms with Crippen molar-refractivity contribution in [3.05, 3.63) is 53.3 Å². The molecule has 1 heterocycles. The number of carbonyl (C=O) groups excluding carboxylic acids is 1. The van der Waals surface area contributed by atoms with Crippen LogP contribution in [0, 0.1) is 6.92 Å². The lowest BCUT2D eigenvalue weighted by atomic mass is 10.1. The molecule has 1 amide bonds. The lowest BCUT2D eigenvalue weighted by Gasteiger charge is -2.22. The van der Waals surface area contributed by atoms with Gasteiger partial charge in [-0.2, -0.15) is 5.10 Å². The van der Waals surface area contributed by atoms with Crippen molar-refractivity contribution < 1.29 is 4.79 Å². The predicted molar refractivity (Wildman–Crippen MR) is 85.4 cm³/mol. The van der Waals surface area contributed by atoms with Gasteiger partial charge in [0.2, 0.25) is 0 Å². The van der Waals surface area contributed by atoms with E-state index < -0.39 is 0 Å². The molecule has 0 radical (unpaired) electrons. The number of hydrogen-bond acceptors (Lipinski definition) is 3. The van der Waals surface area contributed by atoms with E-state index in [-0.39, 0.29) is 18.3 Å². The largest absolute Gasteiger partial charge is 0.333 e. The van der Waals surface area contributed by atoms with Crippen molar-refractivity contribution >= 4 is 18.3 Å². The number of halogens is 1. The summed E-state index contributed by atoms with van der Waals surface area (Å²) in [7, 11) is 1.83. The van der Waals surface area contributed by atoms with Gasteiger partial charge in [-0.05, 0) is 12.5 Å². The minimum atomic E-state index is -0.0232. The normalized spacial score (nSPS) is 10.0. The zero-order chi connectivity index (χ0) is 14.5. The van der Waals surface area contributed by atoms with Gasteiger partial charge in [0.25, 0.3) is 5.91 Å². The Morgan fingerprint density at radius 1 is 1.33 bits per heavy atom. The molecule has 0 unspecified atom stereocenters. The Labute approximate surface area is 131 Å². The lowest BCUT2D eigenvalue weighted by molar-refractivity contribution is 0.0747. The number of nitrogens with two attached hydrogens (primary N) is 1. The van der Waals surface area contributed by atoms with Crippen molar-refractivity contribution in [2.75, 3.05) is 13.1 Å². The lowest BCUT2D eigenvalue weighted by Crippen LogP contribution is -2.35. The average Bonchev–Trinajstić information content (AvgIpc) is 2.79. The fraction of sp³-hybridized carbons (Fsp3) is 0.333. The Kier molecular flexibility index (Phi) is 6.39. The van der Waals surface area contributed by atoms with Gasteiger partial charge in [0.15, 0.2) is 0 Å². The first-order valence-corrected chi connectivity index (χ1v) is 6.65. The summed E-state index contributed by atoms with van der Waals surface area (Å²) >= 11 is 0. The van der Waals surface area contributed by atoms with Gasteiger partial charge in [-0.15, -0.1) is 12.4 Å². The van der Waals surface area contributed by atoms with Gasteiger partial charge < -0.3 is 10.6 Å². The standard InChI is InChI=1S/C15H20N4O.ClH/c1-12-14(10-17-18(12)2)15(20)19(9-8-16)11-13-6-4-3-5-7-13;/h3-7,10H,8-9,11,16H2,1-2H3;1H. The molecule has 114 valence electrons. The van der Waals surface area contributed by atoms with Gasteiger partial charge in [-0.25, -0.2) is 0 Å². The van der Waals surface area contributed by atoms with Crippen molar-refractivity contribution in [1.82, 2.24) is 14.7 Å². The molecule has 1 aromatic heterocycles. The molecule has 0 aliphatic rings. The average molecular weight is 309 g/mol. The van der Waals surface area contributed by atoms with Crippen LogP contribution in [-0.2, 0) is 13.6 Å². The maximum atomic E-state index is 12.6. The van der Waals surface area contributed by atoms with Crippen LogP contribution < -0.4 is 5.73 Å². The van der Waals surface area contributed by atoms with E-state index in [1.54, 1.807) is 15.8 Å². The van der Waals surface area contributed by atoms with Gasteiger partial charge in [0, 0.05) is 32.4 Å². The smallest absolute Gasteiger partial charge is 0.257 e. The zero-order valence-corrected chi connectivity index (χ0v) is 13.1. The molecule has 6 heteroatoms. The summed E-state index contributed by atoms with van der Waals surface area (Å²) in [6.07, 6.45) is 1.62. The summed E-state index contributed by atoms with van der Waals surface area (Å²) in [5.74, 6) is -0.0232. The Bertz CT molecular complexity index is 583. The Morgan fingerprint density at radius 2 is 2.00 bits per heavy atom. The van der Waals surface area contributed by atoms with Gasteiger partial charge in [0.05, 0.1) is 11.8 Å². The first-order chi connectivity index (χ1) is 9.63. The fourth-order valence-electron chi connectivity index (χ4n) is 2.09. The second kappa shape index (κ2) is 7.81. The predicted octanol–water partition coefficient (Wildman–Crippen LogP) is 1.75. The summed E-state index contributed by atoms with van der Waals surface area (Å²) in [6, 6.07) is 9.91. The molecule has 5 nitrogen and oxygen atoms in total. The number of amides is 1. The van der Waals surface area contributed by atoms with E-state index in [2.05, 4.69) is 5.10 Å². The van der Waals surface area contributed by atoms with Crippen LogP contribution in [0.1, 0.15) is 21.6 Å². The molecule has 21 heavy (non-hydrogen) atoms. The highest BCUT2D eigenvalue weighted by molar-refractivity contribution is 5.95. The molecule has 2 aromatic rings. The quantitative estimate of drug-likeness (QED) is 0.915. The van der Waals surface area contributed by atoms with Crippen molar-refractivity contribution in [3.63, 3.8) is 0 Å². The van der Waals surface area contributed by atoms with E-state index in [4.69, 9.17) is 5.73 Å². The molecule has 0 aliphatic heterocycles. The molecule has 0 saturated carbocycles. The van der Waals surface area contributed by atoms with Crippen molar-refractivity contribution in [2.24, 2.45) is 12.8 Å². The summed E-state index contributed by atoms with van der Waals surface area (Å²) in [5.41, 5.74) is 8.22. The molecule has 1 aromatic carbocycles. The number of aromatic nitrogens is 2. The molecule has 0 spiro atoms. The van der Waals surface area contributed by atoms with Crippen LogP contribution in [0.5, 0.6) is 0 Å². The van der Waals surface area contributed by atoms with Crippen LogP contribution in [0.3, 0.4) is 0 Å². The van der Waals surface area contributed by atoms with E-state index in [9.17, 15) is 4.79 Å². The van der Waals surface area contributed by atoms with Crippen molar-refractivity contribution in [2.45, 2.75) is 13.5 Å². The van der Waals surface area contributed by atoms with Gasteiger partial charge >= 0.3 is 0 Å². The second-order valence-corrected chi connectivity index (χ2v) is 4.77. The summed E-state index contributed by atoms with van der Waals surface area (Å²) < 4.78 is 1.70. The molecule has 2 N–H and O–H groups in total. The zero-order valence-electron chi connectivity index (χ0n) is 12.3. The Morgan fingerprint density at radius 3 is 2.52 bits per heavy atom. The molecule has 0 aliphatic carbocycles. The van der Waals surface area contributed by atoms with Crippen LogP contribution in [0.25, 0.3) is 0 Å². The van der Waals surface area contributed by atoms with Crippen LogP contribution in [0.2, 0.25) is 0 Å². The highest BCUT2D eigenvalue weighted by Crippen LogP contribution is 2.12. The number of benzene rings is 1. The van der Waals surface area contributed by atoms with Crippen LogP contribution >= 0.6 is 12.4 Å². The van der Waals surface area contributed by atoms with Gasteiger partial charge in [-0.1, -0.05) is 30.3 Å². The number of nitrogens with zero attached hydrogens (tertiary/aromatic N) is 3. The highest BCUT2D eigenvalue weighted by Gasteiger charge is 2.19. The second-order valence-electron chi connectivity index (χ2n) is 4.77. The number of aryl methyl sites for hydroxylation is 1. The van der Waals surface area contributed by atoms with Crippen molar-refractivity contribution in [3.8, 4) is 0 Å². The molecule has 2 rings (SSSR count). The van der Waals surface area contributed by atoms with E-state index in [1.807, 2.05) is 44.3 Å². The molecule has 0 fully saturated rings. The molecular formula is C15H21ClN4O. The third-order valence-electron chi connectivity index (χ3n) is 3.37. The number of rotatable bonds is 5. The van der Waals surface area contributed by atoms with Crippen LogP contribution in [0.4, 0.5) is 0 Å². The van der Waals surface area contributed by atoms with E-state index in [1.165, 1.54) is 0 Å². The minimum absolute atomic E-state index is 0. The van der Waals surface area contributed by atoms with Gasteiger partial charge in [0.1, 0.15) is 0 Å². The van der Waals surface area contributed by atoms with Gasteiger partial charge in [-0.3, -0.25) is 9.48 Å². The number of hydrogen-bond donors (Lipinski definition) is 1. The molecule has 0 saturated heterocycles. The Balaban J connectivity index is 0.00000220. The Hall–Kier alpha value is -1.85. The SMILES string of the molecule is Cc1c(C(=O)N(CCN)Cc2ccccc2)cnn1C.Cl. The maximum Gasteiger partial charge on any atom is 0.257 e. The van der Waals surface area contributed by atoms with E-state index in [0.717, 1.165) is 11.3 Å². The third-order valence-corrected chi connectivity index (χ3v) is 3.37. The molecule has 0 bridgehead atoms. The van der Waals surface area contributed by atoms with Crippen LogP contribution in [-0.4, -0.2) is 33.7 Å². The highest BCUT2D eigenvalue weighted by atomic mass is 35.5. The summed E-state index contributed by atoms with van der Waals surface area (Å²) in [4.78, 5) is 14.4. The fourth-order valence-corrected chi connectivity index (χ4v) is 2.09. The molecule has 0 atom stereocenters.